The standard InChI is InChI=1S/C38H44BrN7O5/c1-43-22-27(19-28(23-43)41-31-21-40-44(2)37(51)33(31)39)24-3-5-26(6-4-24)36(50)46-17-13-38(14-18-46)11-15-45(16-12-38)29-9-7-25(8-10-29)30-20-32(47)35(49)42-34(30)48/h3-10,21,27-28,30,41H,11-20,22-23H2,1-2H3,(H,42,48,49)/t27-,28+,30?/m0/s1. The van der Waals surface area contributed by atoms with Gasteiger partial charge >= 0.3 is 0 Å². The summed E-state index contributed by atoms with van der Waals surface area (Å²) in [5.74, 6) is -2.05. The molecule has 13 heteroatoms. The third kappa shape index (κ3) is 7.36. The quantitative estimate of drug-likeness (QED) is 0.285. The molecule has 2 aromatic carbocycles. The maximum atomic E-state index is 13.6. The van der Waals surface area contributed by atoms with Gasteiger partial charge in [0.15, 0.2) is 0 Å². The first-order valence-electron chi connectivity index (χ1n) is 17.8. The molecule has 3 atom stereocenters. The molecule has 4 fully saturated rings. The van der Waals surface area contributed by atoms with Crippen molar-refractivity contribution in [2.45, 2.75) is 56.4 Å². The molecule has 0 bridgehead atoms. The van der Waals surface area contributed by atoms with Crippen LogP contribution in [-0.4, -0.2) is 95.4 Å². The van der Waals surface area contributed by atoms with Gasteiger partial charge in [-0.1, -0.05) is 24.3 Å². The number of Topliss-reactive ketones (excluding diaryl/α,β-unsaturated/α-hetero) is 1. The number of nitrogens with zero attached hydrogens (tertiary/aromatic N) is 5. The minimum atomic E-state index is -0.821. The van der Waals surface area contributed by atoms with Crippen LogP contribution in [0.5, 0.6) is 0 Å². The highest BCUT2D eigenvalue weighted by molar-refractivity contribution is 9.10. The average Bonchev–Trinajstić information content (AvgIpc) is 3.14. The van der Waals surface area contributed by atoms with E-state index in [0.717, 1.165) is 88.2 Å². The Labute approximate surface area is 305 Å². The van der Waals surface area contributed by atoms with E-state index in [0.29, 0.717) is 16.1 Å². The monoisotopic (exact) mass is 757 g/mol. The molecule has 268 valence electrons. The Kier molecular flexibility index (Phi) is 9.86. The Morgan fingerprint density at radius 1 is 0.882 bits per heavy atom. The fourth-order valence-electron chi connectivity index (χ4n) is 8.33. The van der Waals surface area contributed by atoms with Crippen LogP contribution in [0.1, 0.15) is 71.8 Å². The number of aromatic nitrogens is 2. The number of benzene rings is 2. The minimum Gasteiger partial charge on any atom is -0.379 e. The van der Waals surface area contributed by atoms with Crippen LogP contribution in [0.2, 0.25) is 0 Å². The van der Waals surface area contributed by atoms with Crippen molar-refractivity contribution < 1.29 is 19.2 Å². The highest BCUT2D eigenvalue weighted by Gasteiger charge is 2.39. The Morgan fingerprint density at radius 3 is 2.22 bits per heavy atom. The van der Waals surface area contributed by atoms with Gasteiger partial charge in [-0.05, 0) is 102 Å². The summed E-state index contributed by atoms with van der Waals surface area (Å²) in [5.41, 5.74) is 4.52. The Bertz CT molecular complexity index is 1880. The van der Waals surface area contributed by atoms with Gasteiger partial charge in [-0.2, -0.15) is 5.10 Å². The lowest BCUT2D eigenvalue weighted by Gasteiger charge is -2.47. The third-order valence-corrected chi connectivity index (χ3v) is 12.3. The number of imide groups is 1. The van der Waals surface area contributed by atoms with Crippen LogP contribution < -0.4 is 21.1 Å². The number of likely N-dealkylation sites (N-methyl/N-ethyl adjacent to an activating group) is 1. The summed E-state index contributed by atoms with van der Waals surface area (Å²) < 4.78 is 1.79. The van der Waals surface area contributed by atoms with Gasteiger partial charge in [0.1, 0.15) is 4.47 Å². The number of amides is 3. The van der Waals surface area contributed by atoms with E-state index in [1.807, 2.05) is 41.3 Å². The van der Waals surface area contributed by atoms with Crippen molar-refractivity contribution in [2.75, 3.05) is 56.5 Å². The molecule has 1 spiro atoms. The van der Waals surface area contributed by atoms with Crippen molar-refractivity contribution >= 4 is 50.8 Å². The van der Waals surface area contributed by atoms with Gasteiger partial charge in [0.05, 0.1) is 17.8 Å². The van der Waals surface area contributed by atoms with E-state index in [2.05, 4.69) is 60.6 Å². The van der Waals surface area contributed by atoms with E-state index in [1.165, 1.54) is 10.2 Å². The van der Waals surface area contributed by atoms with Crippen LogP contribution in [-0.2, 0) is 21.4 Å². The third-order valence-electron chi connectivity index (χ3n) is 11.5. The molecule has 4 aliphatic heterocycles. The fourth-order valence-corrected chi connectivity index (χ4v) is 8.80. The zero-order valence-corrected chi connectivity index (χ0v) is 30.7. The normalized spacial score (nSPS) is 24.1. The lowest BCUT2D eigenvalue weighted by atomic mass is 9.71. The molecule has 7 rings (SSSR count). The number of anilines is 2. The maximum Gasteiger partial charge on any atom is 0.293 e. The van der Waals surface area contributed by atoms with Crippen LogP contribution in [0, 0.1) is 5.41 Å². The summed E-state index contributed by atoms with van der Waals surface area (Å²) in [6.07, 6.45) is 6.61. The first-order valence-corrected chi connectivity index (χ1v) is 18.6. The molecule has 3 aromatic rings. The number of carbonyl (C=O) groups is 4. The molecule has 1 unspecified atom stereocenters. The number of ketones is 1. The molecule has 4 saturated heterocycles. The van der Waals surface area contributed by atoms with Gasteiger partial charge in [0.25, 0.3) is 17.4 Å². The van der Waals surface area contributed by atoms with Crippen LogP contribution in [0.25, 0.3) is 0 Å². The summed E-state index contributed by atoms with van der Waals surface area (Å²) in [7, 11) is 3.74. The van der Waals surface area contributed by atoms with E-state index in [1.54, 1.807) is 13.2 Å². The van der Waals surface area contributed by atoms with Gasteiger partial charge in [0, 0.05) is 70.0 Å². The van der Waals surface area contributed by atoms with Gasteiger partial charge < -0.3 is 20.0 Å². The molecular weight excluding hydrogens is 714 g/mol. The number of piperidine rings is 4. The van der Waals surface area contributed by atoms with Crippen molar-refractivity contribution in [2.24, 2.45) is 12.5 Å². The second kappa shape index (κ2) is 14.3. The number of nitrogens with one attached hydrogen (secondary N) is 2. The summed E-state index contributed by atoms with van der Waals surface area (Å²) in [5, 5.41) is 9.83. The number of aryl methyl sites for hydroxylation is 1. The Morgan fingerprint density at radius 2 is 1.53 bits per heavy atom. The summed E-state index contributed by atoms with van der Waals surface area (Å²) >= 11 is 3.42. The molecule has 1 aromatic heterocycles. The molecule has 3 amide bonds. The summed E-state index contributed by atoms with van der Waals surface area (Å²) in [6, 6.07) is 16.1. The van der Waals surface area contributed by atoms with Gasteiger partial charge in [-0.15, -0.1) is 0 Å². The Balaban J connectivity index is 0.902. The van der Waals surface area contributed by atoms with Gasteiger partial charge in [-0.3, -0.25) is 29.3 Å². The van der Waals surface area contributed by atoms with E-state index in [-0.39, 0.29) is 29.3 Å². The lowest BCUT2D eigenvalue weighted by molar-refractivity contribution is -0.145. The highest BCUT2D eigenvalue weighted by atomic mass is 79.9. The van der Waals surface area contributed by atoms with Crippen LogP contribution in [0.15, 0.2) is 64.0 Å². The molecule has 4 aliphatic rings. The number of hydrogen-bond acceptors (Lipinski definition) is 9. The number of halogens is 1. The second-order valence-corrected chi connectivity index (χ2v) is 15.6. The predicted molar refractivity (Wildman–Crippen MR) is 197 cm³/mol. The Hall–Kier alpha value is -4.36. The van der Waals surface area contributed by atoms with Crippen LogP contribution >= 0.6 is 15.9 Å². The summed E-state index contributed by atoms with van der Waals surface area (Å²) in [6.45, 7) is 5.14. The predicted octanol–water partition coefficient (Wildman–Crippen LogP) is 3.66. The SMILES string of the molecule is CN1C[C@H](Nc2cnn(C)c(=O)c2Br)C[C@H](c2ccc(C(=O)N3CCC4(CC3)CCN(c3ccc(C5CC(=O)C(=O)NC5=O)cc3)CC4)cc2)C1. The minimum absolute atomic E-state index is 0.0875. The summed E-state index contributed by atoms with van der Waals surface area (Å²) in [4.78, 5) is 68.2. The van der Waals surface area contributed by atoms with Crippen LogP contribution in [0.4, 0.5) is 11.4 Å². The second-order valence-electron chi connectivity index (χ2n) is 14.8. The van der Waals surface area contributed by atoms with Crippen molar-refractivity contribution in [1.29, 1.82) is 0 Å². The molecule has 0 aliphatic carbocycles. The number of likely N-dealkylation sites (tertiary alicyclic amines) is 2. The lowest BCUT2D eigenvalue weighted by Crippen LogP contribution is -2.48. The van der Waals surface area contributed by atoms with E-state index < -0.39 is 23.5 Å². The van der Waals surface area contributed by atoms with Crippen molar-refractivity contribution in [3.05, 3.63) is 86.2 Å². The number of hydrogen-bond donors (Lipinski definition) is 2. The van der Waals surface area contributed by atoms with Gasteiger partial charge in [0.2, 0.25) is 11.7 Å². The van der Waals surface area contributed by atoms with E-state index in [9.17, 15) is 24.0 Å². The molecule has 2 N–H and O–H groups in total. The van der Waals surface area contributed by atoms with Crippen LogP contribution in [0.3, 0.4) is 0 Å². The molecule has 51 heavy (non-hydrogen) atoms. The first kappa shape index (κ1) is 35.1. The van der Waals surface area contributed by atoms with Crippen molar-refractivity contribution in [1.82, 2.24) is 24.9 Å². The van der Waals surface area contributed by atoms with Crippen molar-refractivity contribution in [3.8, 4) is 0 Å². The average molecular weight is 759 g/mol. The maximum absolute atomic E-state index is 13.6. The first-order chi connectivity index (χ1) is 24.5. The molecule has 5 heterocycles. The van der Waals surface area contributed by atoms with Gasteiger partial charge in [-0.25, -0.2) is 4.68 Å². The smallest absolute Gasteiger partial charge is 0.293 e. The molecule has 12 nitrogen and oxygen atoms in total. The number of rotatable bonds is 6. The largest absolute Gasteiger partial charge is 0.379 e. The molecular formula is C38H44BrN7O5. The van der Waals surface area contributed by atoms with E-state index >= 15 is 0 Å². The highest BCUT2D eigenvalue weighted by Crippen LogP contribution is 2.42. The zero-order chi connectivity index (χ0) is 35.9. The molecule has 0 radical (unpaired) electrons. The zero-order valence-electron chi connectivity index (χ0n) is 29.1. The van der Waals surface area contributed by atoms with E-state index in [4.69, 9.17) is 0 Å². The number of carbonyl (C=O) groups excluding carboxylic acids is 4. The molecule has 0 saturated carbocycles. The van der Waals surface area contributed by atoms with Crippen molar-refractivity contribution in [3.63, 3.8) is 0 Å². The topological polar surface area (TPSA) is 137 Å². The fraction of sp³-hybridized carbons (Fsp3) is 0.474.